The lowest BCUT2D eigenvalue weighted by Crippen LogP contribution is -2.11. The van der Waals surface area contributed by atoms with E-state index in [0.29, 0.717) is 5.69 Å². The van der Waals surface area contributed by atoms with Crippen LogP contribution in [0.3, 0.4) is 0 Å². The molecule has 2 aromatic rings. The van der Waals surface area contributed by atoms with E-state index in [1.807, 2.05) is 6.07 Å². The van der Waals surface area contributed by atoms with Crippen LogP contribution in [0.25, 0.3) is 0 Å². The number of anilines is 2. The molecule has 0 bridgehead atoms. The van der Waals surface area contributed by atoms with E-state index in [-0.39, 0.29) is 17.4 Å². The van der Waals surface area contributed by atoms with Crippen molar-refractivity contribution >= 4 is 11.4 Å². The van der Waals surface area contributed by atoms with Gasteiger partial charge in [0.25, 0.3) is 0 Å². The third-order valence-electron chi connectivity index (χ3n) is 2.56. The summed E-state index contributed by atoms with van der Waals surface area (Å²) in [5.41, 5.74) is 5.92. The highest BCUT2D eigenvalue weighted by Crippen LogP contribution is 2.25. The summed E-state index contributed by atoms with van der Waals surface area (Å²) in [6, 6.07) is 7.23. The topological polar surface area (TPSA) is 50.9 Å². The number of hydrogen-bond donors (Lipinski definition) is 2. The molecule has 0 saturated carbocycles. The Labute approximate surface area is 104 Å². The Bertz CT molecular complexity index is 520. The molecule has 0 fully saturated rings. The molecule has 0 aliphatic rings. The first-order chi connectivity index (χ1) is 8.58. The monoisotopic (exact) mass is 249 g/mol. The van der Waals surface area contributed by atoms with E-state index in [4.69, 9.17) is 5.73 Å². The molecule has 0 radical (unpaired) electrons. The normalized spacial score (nSPS) is 12.2. The Hall–Kier alpha value is -2.17. The number of rotatable bonds is 3. The molecule has 1 heterocycles. The molecule has 0 aliphatic carbocycles. The van der Waals surface area contributed by atoms with Gasteiger partial charge in [0.2, 0.25) is 0 Å². The zero-order chi connectivity index (χ0) is 13.1. The first kappa shape index (κ1) is 12.3. The Morgan fingerprint density at radius 1 is 1.22 bits per heavy atom. The number of nitrogens with two attached hydrogens (primary N) is 1. The smallest absolute Gasteiger partial charge is 0.151 e. The summed E-state index contributed by atoms with van der Waals surface area (Å²) in [6.45, 7) is 1.78. The minimum atomic E-state index is -0.713. The fraction of sp³-hybridized carbons (Fsp3) is 0.154. The van der Waals surface area contributed by atoms with Crippen LogP contribution in [0.2, 0.25) is 0 Å². The van der Waals surface area contributed by atoms with Crippen molar-refractivity contribution in [2.75, 3.05) is 11.1 Å². The second-order valence-electron chi connectivity index (χ2n) is 3.98. The summed E-state index contributed by atoms with van der Waals surface area (Å²) in [4.78, 5) is 4.12. The highest BCUT2D eigenvalue weighted by molar-refractivity contribution is 5.54. The van der Waals surface area contributed by atoms with Crippen molar-refractivity contribution < 1.29 is 8.78 Å². The summed E-state index contributed by atoms with van der Waals surface area (Å²) in [6.07, 6.45) is 1.63. The number of halogens is 2. The van der Waals surface area contributed by atoms with Crippen molar-refractivity contribution in [3.63, 3.8) is 0 Å². The van der Waals surface area contributed by atoms with Crippen LogP contribution >= 0.6 is 0 Å². The fourth-order valence-electron chi connectivity index (χ4n) is 1.65. The Morgan fingerprint density at radius 3 is 2.44 bits per heavy atom. The van der Waals surface area contributed by atoms with E-state index >= 15 is 0 Å². The van der Waals surface area contributed by atoms with Gasteiger partial charge in [-0.2, -0.15) is 0 Å². The summed E-state index contributed by atoms with van der Waals surface area (Å²) < 4.78 is 27.2. The first-order valence-electron chi connectivity index (χ1n) is 5.50. The van der Waals surface area contributed by atoms with Gasteiger partial charge in [0, 0.05) is 11.9 Å². The van der Waals surface area contributed by atoms with Crippen molar-refractivity contribution in [2.24, 2.45) is 0 Å². The quantitative estimate of drug-likeness (QED) is 0.822. The summed E-state index contributed by atoms with van der Waals surface area (Å²) in [5, 5.41) is 2.75. The molecule has 0 aliphatic heterocycles. The number of aromatic nitrogens is 1. The predicted octanol–water partition coefficient (Wildman–Crippen LogP) is 3.12. The molecule has 94 valence electrons. The summed E-state index contributed by atoms with van der Waals surface area (Å²) in [7, 11) is 0. The number of benzene rings is 1. The third-order valence-corrected chi connectivity index (χ3v) is 2.56. The molecular weight excluding hydrogens is 236 g/mol. The van der Waals surface area contributed by atoms with Crippen molar-refractivity contribution in [1.29, 1.82) is 0 Å². The maximum atomic E-state index is 13.6. The van der Waals surface area contributed by atoms with Crippen LogP contribution in [0.1, 0.15) is 18.7 Å². The average molecular weight is 249 g/mol. The van der Waals surface area contributed by atoms with E-state index in [0.717, 1.165) is 12.1 Å². The van der Waals surface area contributed by atoms with Gasteiger partial charge in [-0.1, -0.05) is 6.07 Å². The summed E-state index contributed by atoms with van der Waals surface area (Å²) in [5.74, 6) is -1.43. The van der Waals surface area contributed by atoms with Crippen LogP contribution in [0, 0.1) is 11.6 Å². The zero-order valence-corrected chi connectivity index (χ0v) is 9.82. The Kier molecular flexibility index (Phi) is 3.41. The van der Waals surface area contributed by atoms with Crippen molar-refractivity contribution in [2.45, 2.75) is 13.0 Å². The lowest BCUT2D eigenvalue weighted by molar-refractivity contribution is 0.585. The predicted molar refractivity (Wildman–Crippen MR) is 67.0 cm³/mol. The van der Waals surface area contributed by atoms with Gasteiger partial charge in [-0.05, 0) is 31.2 Å². The zero-order valence-electron chi connectivity index (χ0n) is 9.82. The van der Waals surface area contributed by atoms with E-state index in [9.17, 15) is 8.78 Å². The van der Waals surface area contributed by atoms with Crippen molar-refractivity contribution in [3.05, 3.63) is 53.9 Å². The van der Waals surface area contributed by atoms with E-state index in [1.165, 1.54) is 0 Å². The molecule has 18 heavy (non-hydrogen) atoms. The van der Waals surface area contributed by atoms with Crippen molar-refractivity contribution in [3.8, 4) is 0 Å². The first-order valence-corrected chi connectivity index (χ1v) is 5.50. The molecule has 0 amide bonds. The maximum absolute atomic E-state index is 13.6. The Morgan fingerprint density at radius 2 is 1.89 bits per heavy atom. The number of hydrogen-bond acceptors (Lipinski definition) is 3. The molecule has 2 rings (SSSR count). The molecular formula is C13H13F2N3. The number of nitrogen functional groups attached to an aromatic ring is 1. The molecule has 1 aromatic carbocycles. The molecule has 1 aromatic heterocycles. The standard InChI is InChI=1S/C13H13F2N3/c1-8(12-4-2-3-5-17-12)18-13-10(14)6-9(16)7-11(13)15/h2-8,18H,16H2,1H3. The van der Waals surface area contributed by atoms with E-state index in [1.54, 1.807) is 25.3 Å². The highest BCUT2D eigenvalue weighted by Gasteiger charge is 2.14. The minimum Gasteiger partial charge on any atom is -0.399 e. The third kappa shape index (κ3) is 2.56. The van der Waals surface area contributed by atoms with Gasteiger partial charge in [0.05, 0.1) is 11.7 Å². The van der Waals surface area contributed by atoms with E-state index < -0.39 is 11.6 Å². The van der Waals surface area contributed by atoms with Crippen LogP contribution in [-0.2, 0) is 0 Å². The lowest BCUT2D eigenvalue weighted by atomic mass is 10.2. The van der Waals surface area contributed by atoms with Gasteiger partial charge in [0.1, 0.15) is 5.69 Å². The average Bonchev–Trinajstić information content (AvgIpc) is 2.34. The minimum absolute atomic E-state index is 0.0565. The SMILES string of the molecule is CC(Nc1c(F)cc(N)cc1F)c1ccccn1. The van der Waals surface area contributed by atoms with Gasteiger partial charge >= 0.3 is 0 Å². The Balaban J connectivity index is 2.25. The van der Waals surface area contributed by atoms with E-state index in [2.05, 4.69) is 10.3 Å². The molecule has 1 unspecified atom stereocenters. The van der Waals surface area contributed by atoms with Gasteiger partial charge in [0.15, 0.2) is 11.6 Å². The van der Waals surface area contributed by atoms with Crippen LogP contribution in [0.5, 0.6) is 0 Å². The van der Waals surface area contributed by atoms with Crippen LogP contribution in [0.15, 0.2) is 36.5 Å². The molecule has 0 spiro atoms. The maximum Gasteiger partial charge on any atom is 0.151 e. The molecule has 3 nitrogen and oxygen atoms in total. The summed E-state index contributed by atoms with van der Waals surface area (Å²) >= 11 is 0. The van der Waals surface area contributed by atoms with Crippen LogP contribution in [0.4, 0.5) is 20.2 Å². The fourth-order valence-corrected chi connectivity index (χ4v) is 1.65. The van der Waals surface area contributed by atoms with Gasteiger partial charge in [-0.3, -0.25) is 4.98 Å². The second kappa shape index (κ2) is 5.00. The molecule has 5 heteroatoms. The second-order valence-corrected chi connectivity index (χ2v) is 3.98. The molecule has 1 atom stereocenters. The number of pyridine rings is 1. The largest absolute Gasteiger partial charge is 0.399 e. The van der Waals surface area contributed by atoms with Gasteiger partial charge < -0.3 is 11.1 Å². The van der Waals surface area contributed by atoms with Crippen LogP contribution < -0.4 is 11.1 Å². The highest BCUT2D eigenvalue weighted by atomic mass is 19.1. The number of nitrogens with one attached hydrogen (secondary N) is 1. The van der Waals surface area contributed by atoms with Crippen LogP contribution in [-0.4, -0.2) is 4.98 Å². The van der Waals surface area contributed by atoms with Crippen molar-refractivity contribution in [1.82, 2.24) is 4.98 Å². The molecule has 3 N–H and O–H groups in total. The van der Waals surface area contributed by atoms with Gasteiger partial charge in [-0.15, -0.1) is 0 Å². The lowest BCUT2D eigenvalue weighted by Gasteiger charge is -2.16. The molecule has 0 saturated heterocycles. The number of nitrogens with zero attached hydrogens (tertiary/aromatic N) is 1. The van der Waals surface area contributed by atoms with Gasteiger partial charge in [-0.25, -0.2) is 8.78 Å².